The third-order valence-corrected chi connectivity index (χ3v) is 5.18. The van der Waals surface area contributed by atoms with E-state index in [0.717, 1.165) is 44.6 Å². The van der Waals surface area contributed by atoms with Gasteiger partial charge in [0.2, 0.25) is 0 Å². The van der Waals surface area contributed by atoms with Crippen molar-refractivity contribution >= 4 is 0 Å². The second-order valence-electron chi connectivity index (χ2n) is 6.23. The molecule has 4 nitrogen and oxygen atoms in total. The van der Waals surface area contributed by atoms with E-state index in [9.17, 15) is 10.2 Å². The zero-order valence-corrected chi connectivity index (χ0v) is 12.8. The maximum Gasteiger partial charge on any atom is 0.0951 e. The van der Waals surface area contributed by atoms with E-state index in [1.165, 1.54) is 5.56 Å². The van der Waals surface area contributed by atoms with Crippen molar-refractivity contribution in [3.05, 3.63) is 35.4 Å². The highest BCUT2D eigenvalue weighted by Crippen LogP contribution is 2.34. The van der Waals surface area contributed by atoms with Crippen molar-refractivity contribution in [2.24, 2.45) is 0 Å². The average molecular weight is 290 g/mol. The van der Waals surface area contributed by atoms with Crippen LogP contribution < -0.4 is 0 Å². The molecule has 1 saturated heterocycles. The van der Waals surface area contributed by atoms with E-state index in [1.54, 1.807) is 0 Å². The van der Waals surface area contributed by atoms with Gasteiger partial charge in [-0.2, -0.15) is 0 Å². The molecule has 0 radical (unpaired) electrons. The van der Waals surface area contributed by atoms with Crippen molar-refractivity contribution in [1.82, 2.24) is 9.80 Å². The lowest BCUT2D eigenvalue weighted by Gasteiger charge is -2.41. The van der Waals surface area contributed by atoms with Crippen molar-refractivity contribution < 1.29 is 10.2 Å². The van der Waals surface area contributed by atoms with Crippen molar-refractivity contribution in [2.45, 2.75) is 38.0 Å². The minimum Gasteiger partial charge on any atom is -0.395 e. The van der Waals surface area contributed by atoms with E-state index in [-0.39, 0.29) is 24.8 Å². The van der Waals surface area contributed by atoms with Crippen molar-refractivity contribution in [2.75, 3.05) is 32.8 Å². The Balaban J connectivity index is 1.61. The number of hydrogen-bond donors (Lipinski definition) is 2. The molecule has 3 unspecified atom stereocenters. The van der Waals surface area contributed by atoms with Crippen LogP contribution in [0.3, 0.4) is 0 Å². The fraction of sp³-hybridized carbons (Fsp3) is 0.647. The monoisotopic (exact) mass is 290 g/mol. The summed E-state index contributed by atoms with van der Waals surface area (Å²) in [7, 11) is 0. The first kappa shape index (κ1) is 15.0. The van der Waals surface area contributed by atoms with Gasteiger partial charge < -0.3 is 10.2 Å². The van der Waals surface area contributed by atoms with Crippen LogP contribution in [0.1, 0.15) is 30.6 Å². The third-order valence-electron chi connectivity index (χ3n) is 5.18. The molecule has 1 fully saturated rings. The van der Waals surface area contributed by atoms with Gasteiger partial charge in [-0.25, -0.2) is 0 Å². The maximum atomic E-state index is 10.6. The van der Waals surface area contributed by atoms with Crippen LogP contribution in [-0.4, -0.2) is 64.9 Å². The molecule has 1 aliphatic carbocycles. The molecule has 0 amide bonds. The smallest absolute Gasteiger partial charge is 0.0951 e. The average Bonchev–Trinajstić information content (AvgIpc) is 2.87. The molecular weight excluding hydrogens is 264 g/mol. The summed E-state index contributed by atoms with van der Waals surface area (Å²) < 4.78 is 0. The zero-order valence-electron chi connectivity index (χ0n) is 12.8. The minimum atomic E-state index is -0.354. The number of hydrogen-bond acceptors (Lipinski definition) is 4. The van der Waals surface area contributed by atoms with Crippen LogP contribution in [0.15, 0.2) is 24.3 Å². The van der Waals surface area contributed by atoms with Crippen LogP contribution in [0.5, 0.6) is 0 Å². The largest absolute Gasteiger partial charge is 0.395 e. The van der Waals surface area contributed by atoms with Crippen LogP contribution in [0.4, 0.5) is 0 Å². The Bertz CT molecular complexity index is 468. The normalized spacial score (nSPS) is 28.5. The number of rotatable bonds is 4. The molecule has 116 valence electrons. The van der Waals surface area contributed by atoms with Gasteiger partial charge in [-0.1, -0.05) is 31.2 Å². The minimum absolute atomic E-state index is 0.221. The van der Waals surface area contributed by atoms with E-state index in [0.29, 0.717) is 0 Å². The zero-order chi connectivity index (χ0) is 14.8. The Morgan fingerprint density at radius 3 is 2.52 bits per heavy atom. The molecule has 3 atom stereocenters. The Hall–Kier alpha value is -0.940. The fourth-order valence-corrected chi connectivity index (χ4v) is 3.82. The van der Waals surface area contributed by atoms with E-state index in [1.807, 2.05) is 6.07 Å². The number of fused-ring (bicyclic) bond motifs is 1. The Labute approximate surface area is 127 Å². The number of aliphatic hydroxyl groups excluding tert-OH is 2. The second-order valence-corrected chi connectivity index (χ2v) is 6.23. The molecule has 21 heavy (non-hydrogen) atoms. The maximum absolute atomic E-state index is 10.6. The molecule has 1 aliphatic heterocycles. The number of piperazine rings is 1. The molecular formula is C17H26N2O2. The highest BCUT2D eigenvalue weighted by Gasteiger charge is 2.36. The van der Waals surface area contributed by atoms with Gasteiger partial charge in [-0.05, 0) is 24.0 Å². The molecule has 1 heterocycles. The molecule has 0 bridgehead atoms. The third kappa shape index (κ3) is 2.86. The molecule has 0 saturated carbocycles. The predicted octanol–water partition coefficient (Wildman–Crippen LogP) is 1.03. The van der Waals surface area contributed by atoms with Crippen LogP contribution in [-0.2, 0) is 6.42 Å². The lowest BCUT2D eigenvalue weighted by Crippen LogP contribution is -2.54. The van der Waals surface area contributed by atoms with Crippen molar-refractivity contribution in [1.29, 1.82) is 0 Å². The van der Waals surface area contributed by atoms with Crippen LogP contribution in [0, 0.1) is 0 Å². The van der Waals surface area contributed by atoms with Gasteiger partial charge in [0.1, 0.15) is 0 Å². The predicted molar refractivity (Wildman–Crippen MR) is 83.2 cm³/mol. The van der Waals surface area contributed by atoms with Gasteiger partial charge in [0.25, 0.3) is 0 Å². The second kappa shape index (κ2) is 6.44. The molecule has 0 aromatic heterocycles. The van der Waals surface area contributed by atoms with Crippen LogP contribution in [0.2, 0.25) is 0 Å². The van der Waals surface area contributed by atoms with Gasteiger partial charge in [-0.15, -0.1) is 0 Å². The first-order chi connectivity index (χ1) is 10.2. The van der Waals surface area contributed by atoms with E-state index in [2.05, 4.69) is 34.9 Å². The summed E-state index contributed by atoms with van der Waals surface area (Å²) in [5.74, 6) is 0. The summed E-state index contributed by atoms with van der Waals surface area (Å²) in [6.45, 7) is 6.30. The number of nitrogens with zero attached hydrogens (tertiary/aromatic N) is 2. The molecule has 4 heteroatoms. The Morgan fingerprint density at radius 1 is 1.19 bits per heavy atom. The summed E-state index contributed by atoms with van der Waals surface area (Å²) in [4.78, 5) is 4.80. The van der Waals surface area contributed by atoms with E-state index < -0.39 is 0 Å². The molecule has 1 aromatic carbocycles. The van der Waals surface area contributed by atoms with Gasteiger partial charge in [0, 0.05) is 38.3 Å². The van der Waals surface area contributed by atoms with E-state index >= 15 is 0 Å². The Morgan fingerprint density at radius 2 is 1.90 bits per heavy atom. The number of aliphatic hydroxyl groups is 2. The van der Waals surface area contributed by atoms with Crippen molar-refractivity contribution in [3.8, 4) is 0 Å². The standard InChI is InChI=1S/C17H26N2O2/c1-2-14(12-20)18-7-9-19(10-8-18)16-11-13-5-3-4-6-15(13)17(16)21/h3-6,14,16-17,20-21H,2,7-12H2,1H3. The van der Waals surface area contributed by atoms with Crippen molar-refractivity contribution in [3.63, 3.8) is 0 Å². The molecule has 1 aromatic rings. The quantitative estimate of drug-likeness (QED) is 0.869. The van der Waals surface area contributed by atoms with Crippen LogP contribution in [0.25, 0.3) is 0 Å². The summed E-state index contributed by atoms with van der Waals surface area (Å²) in [5.41, 5.74) is 2.39. The summed E-state index contributed by atoms with van der Waals surface area (Å²) in [5, 5.41) is 20.0. The van der Waals surface area contributed by atoms with Gasteiger partial charge in [0.15, 0.2) is 0 Å². The first-order valence-electron chi connectivity index (χ1n) is 8.09. The highest BCUT2D eigenvalue weighted by molar-refractivity contribution is 5.35. The SMILES string of the molecule is CCC(CO)N1CCN(C2Cc3ccccc3C2O)CC1. The molecule has 2 N–H and O–H groups in total. The summed E-state index contributed by atoms with van der Waals surface area (Å²) in [6, 6.07) is 8.76. The lowest BCUT2D eigenvalue weighted by molar-refractivity contribution is 0.00755. The molecule has 2 aliphatic rings. The molecule has 3 rings (SSSR count). The van der Waals surface area contributed by atoms with Gasteiger partial charge in [0.05, 0.1) is 12.7 Å². The fourth-order valence-electron chi connectivity index (χ4n) is 3.82. The summed E-state index contributed by atoms with van der Waals surface area (Å²) in [6.07, 6.45) is 1.59. The summed E-state index contributed by atoms with van der Waals surface area (Å²) >= 11 is 0. The highest BCUT2D eigenvalue weighted by atomic mass is 16.3. The lowest BCUT2D eigenvalue weighted by atomic mass is 10.1. The van der Waals surface area contributed by atoms with Gasteiger partial charge in [-0.3, -0.25) is 9.80 Å². The van der Waals surface area contributed by atoms with Gasteiger partial charge >= 0.3 is 0 Å². The van der Waals surface area contributed by atoms with E-state index in [4.69, 9.17) is 0 Å². The topological polar surface area (TPSA) is 46.9 Å². The first-order valence-corrected chi connectivity index (χ1v) is 8.09. The van der Waals surface area contributed by atoms with Crippen LogP contribution >= 0.6 is 0 Å². The molecule has 0 spiro atoms. The number of benzene rings is 1. The Kier molecular flexibility index (Phi) is 4.60.